The van der Waals surface area contributed by atoms with E-state index in [1.165, 1.54) is 22.5 Å². The maximum Gasteiger partial charge on any atom is 0.243 e. The van der Waals surface area contributed by atoms with Gasteiger partial charge in [0, 0.05) is 13.1 Å². The number of phenols is 1. The number of aromatic hydroxyl groups is 1. The Labute approximate surface area is 102 Å². The van der Waals surface area contributed by atoms with E-state index in [1.54, 1.807) is 6.92 Å². The summed E-state index contributed by atoms with van der Waals surface area (Å²) in [7, 11) is -3.51. The van der Waals surface area contributed by atoms with Gasteiger partial charge in [-0.2, -0.15) is 4.31 Å². The first-order chi connectivity index (χ1) is 7.93. The van der Waals surface area contributed by atoms with Crippen molar-refractivity contribution in [3.8, 4) is 5.75 Å². The monoisotopic (exact) mass is 258 g/mol. The van der Waals surface area contributed by atoms with Gasteiger partial charge in [-0.05, 0) is 24.6 Å². The van der Waals surface area contributed by atoms with Gasteiger partial charge in [0.1, 0.15) is 5.75 Å². The van der Waals surface area contributed by atoms with Gasteiger partial charge in [-0.25, -0.2) is 8.42 Å². The van der Waals surface area contributed by atoms with Gasteiger partial charge in [-0.3, -0.25) is 0 Å². The average molecular weight is 258 g/mol. The average Bonchev–Trinajstić information content (AvgIpc) is 2.29. The van der Waals surface area contributed by atoms with Crippen LogP contribution in [-0.4, -0.2) is 30.9 Å². The minimum atomic E-state index is -3.51. The van der Waals surface area contributed by atoms with Crippen LogP contribution in [0.1, 0.15) is 20.3 Å². The molecule has 0 aliphatic heterocycles. The number of sulfonamides is 1. The highest BCUT2D eigenvalue weighted by molar-refractivity contribution is 7.89. The summed E-state index contributed by atoms with van der Waals surface area (Å²) in [5.74, 6) is -0.109. The summed E-state index contributed by atoms with van der Waals surface area (Å²) in [6, 6.07) is 3.93. The predicted octanol–water partition coefficient (Wildman–Crippen LogP) is 1.40. The van der Waals surface area contributed by atoms with E-state index in [9.17, 15) is 13.5 Å². The number of nitrogens with zero attached hydrogens (tertiary/aromatic N) is 1. The molecule has 0 fully saturated rings. The standard InChI is InChI=1S/C11H18N2O3S/c1-3-7-13(4-2)17(15,16)9-5-6-11(14)10(12)8-9/h5-6,8,14H,3-4,7,12H2,1-2H3. The van der Waals surface area contributed by atoms with Gasteiger partial charge in [-0.15, -0.1) is 0 Å². The van der Waals surface area contributed by atoms with E-state index in [0.717, 1.165) is 6.42 Å². The number of hydrogen-bond donors (Lipinski definition) is 2. The van der Waals surface area contributed by atoms with Gasteiger partial charge >= 0.3 is 0 Å². The molecular weight excluding hydrogens is 240 g/mol. The quantitative estimate of drug-likeness (QED) is 0.617. The summed E-state index contributed by atoms with van der Waals surface area (Å²) >= 11 is 0. The molecule has 0 bridgehead atoms. The molecule has 0 saturated carbocycles. The van der Waals surface area contributed by atoms with Crippen LogP contribution in [0.4, 0.5) is 5.69 Å². The third-order valence-electron chi connectivity index (χ3n) is 2.46. The molecule has 0 aromatic heterocycles. The Morgan fingerprint density at radius 3 is 2.47 bits per heavy atom. The summed E-state index contributed by atoms with van der Waals surface area (Å²) in [4.78, 5) is 0.114. The smallest absolute Gasteiger partial charge is 0.243 e. The highest BCUT2D eigenvalue weighted by atomic mass is 32.2. The van der Waals surface area contributed by atoms with E-state index in [0.29, 0.717) is 13.1 Å². The fourth-order valence-electron chi connectivity index (χ4n) is 1.54. The second-order valence-electron chi connectivity index (χ2n) is 3.72. The molecule has 1 aromatic carbocycles. The Bertz CT molecular complexity index is 485. The van der Waals surface area contributed by atoms with Crippen molar-refractivity contribution in [2.45, 2.75) is 25.2 Å². The van der Waals surface area contributed by atoms with Crippen molar-refractivity contribution in [3.05, 3.63) is 18.2 Å². The first-order valence-electron chi connectivity index (χ1n) is 5.52. The van der Waals surface area contributed by atoms with Crippen molar-refractivity contribution in [3.63, 3.8) is 0 Å². The number of hydrogen-bond acceptors (Lipinski definition) is 4. The summed E-state index contributed by atoms with van der Waals surface area (Å²) in [6.07, 6.45) is 0.751. The first-order valence-corrected chi connectivity index (χ1v) is 6.96. The van der Waals surface area contributed by atoms with Crippen molar-refractivity contribution in [2.75, 3.05) is 18.8 Å². The molecule has 96 valence electrons. The van der Waals surface area contributed by atoms with Crippen molar-refractivity contribution < 1.29 is 13.5 Å². The zero-order chi connectivity index (χ0) is 13.1. The predicted molar refractivity (Wildman–Crippen MR) is 67.2 cm³/mol. The second kappa shape index (κ2) is 5.37. The van der Waals surface area contributed by atoms with Crippen molar-refractivity contribution in [1.82, 2.24) is 4.31 Å². The van der Waals surface area contributed by atoms with Crippen LogP contribution in [0, 0.1) is 0 Å². The fraction of sp³-hybridized carbons (Fsp3) is 0.455. The molecular formula is C11H18N2O3S. The summed E-state index contributed by atoms with van der Waals surface area (Å²) in [6.45, 7) is 4.59. The molecule has 0 saturated heterocycles. The molecule has 0 aliphatic carbocycles. The number of phenolic OH excluding ortho intramolecular Hbond substituents is 1. The van der Waals surface area contributed by atoms with Crippen LogP contribution in [0.25, 0.3) is 0 Å². The normalized spacial score (nSPS) is 11.9. The molecule has 3 N–H and O–H groups in total. The lowest BCUT2D eigenvalue weighted by Gasteiger charge is -2.19. The van der Waals surface area contributed by atoms with Crippen molar-refractivity contribution >= 4 is 15.7 Å². The summed E-state index contributed by atoms with van der Waals surface area (Å²) < 4.78 is 25.8. The lowest BCUT2D eigenvalue weighted by molar-refractivity contribution is 0.427. The maximum atomic E-state index is 12.2. The van der Waals surface area contributed by atoms with E-state index in [1.807, 2.05) is 6.92 Å². The molecule has 0 amide bonds. The van der Waals surface area contributed by atoms with Gasteiger partial charge in [0.05, 0.1) is 10.6 Å². The van der Waals surface area contributed by atoms with E-state index in [-0.39, 0.29) is 16.3 Å². The Morgan fingerprint density at radius 1 is 1.35 bits per heavy atom. The minimum Gasteiger partial charge on any atom is -0.506 e. The van der Waals surface area contributed by atoms with E-state index < -0.39 is 10.0 Å². The van der Waals surface area contributed by atoms with Crippen molar-refractivity contribution in [2.24, 2.45) is 0 Å². The Morgan fingerprint density at radius 2 is 2.00 bits per heavy atom. The Balaban J connectivity index is 3.15. The zero-order valence-electron chi connectivity index (χ0n) is 10.0. The number of rotatable bonds is 5. The van der Waals surface area contributed by atoms with Crippen LogP contribution in [0.2, 0.25) is 0 Å². The topological polar surface area (TPSA) is 83.6 Å². The molecule has 6 heteroatoms. The highest BCUT2D eigenvalue weighted by Gasteiger charge is 2.22. The third kappa shape index (κ3) is 2.89. The molecule has 0 heterocycles. The van der Waals surface area contributed by atoms with Crippen LogP contribution in [0.3, 0.4) is 0 Å². The Hall–Kier alpha value is -1.27. The minimum absolute atomic E-state index is 0.0682. The van der Waals surface area contributed by atoms with Gasteiger partial charge < -0.3 is 10.8 Å². The molecule has 0 aliphatic rings. The molecule has 1 aromatic rings. The molecule has 0 unspecified atom stereocenters. The number of nitrogens with two attached hydrogens (primary N) is 1. The van der Waals surface area contributed by atoms with E-state index in [2.05, 4.69) is 0 Å². The molecule has 1 rings (SSSR count). The van der Waals surface area contributed by atoms with Gasteiger partial charge in [0.15, 0.2) is 0 Å². The summed E-state index contributed by atoms with van der Waals surface area (Å²) in [5, 5.41) is 9.28. The molecule has 5 nitrogen and oxygen atoms in total. The van der Waals surface area contributed by atoms with Crippen LogP contribution in [0.5, 0.6) is 5.75 Å². The maximum absolute atomic E-state index is 12.2. The largest absolute Gasteiger partial charge is 0.506 e. The van der Waals surface area contributed by atoms with E-state index in [4.69, 9.17) is 5.73 Å². The van der Waals surface area contributed by atoms with Crippen molar-refractivity contribution in [1.29, 1.82) is 0 Å². The highest BCUT2D eigenvalue weighted by Crippen LogP contribution is 2.25. The molecule has 0 radical (unpaired) electrons. The third-order valence-corrected chi connectivity index (χ3v) is 4.43. The van der Waals surface area contributed by atoms with E-state index >= 15 is 0 Å². The number of nitrogen functional groups attached to an aromatic ring is 1. The SMILES string of the molecule is CCCN(CC)S(=O)(=O)c1ccc(O)c(N)c1. The van der Waals surface area contributed by atoms with Gasteiger partial charge in [0.2, 0.25) is 10.0 Å². The number of anilines is 1. The van der Waals surface area contributed by atoms with Gasteiger partial charge in [-0.1, -0.05) is 13.8 Å². The lowest BCUT2D eigenvalue weighted by atomic mass is 10.3. The van der Waals surface area contributed by atoms with Crippen LogP contribution in [-0.2, 0) is 10.0 Å². The van der Waals surface area contributed by atoms with Crippen LogP contribution >= 0.6 is 0 Å². The van der Waals surface area contributed by atoms with Gasteiger partial charge in [0.25, 0.3) is 0 Å². The molecule has 17 heavy (non-hydrogen) atoms. The number of benzene rings is 1. The second-order valence-corrected chi connectivity index (χ2v) is 5.66. The summed E-state index contributed by atoms with van der Waals surface area (Å²) in [5.41, 5.74) is 5.57. The van der Waals surface area contributed by atoms with Crippen LogP contribution in [0.15, 0.2) is 23.1 Å². The first kappa shape index (κ1) is 13.8. The molecule has 0 spiro atoms. The fourth-order valence-corrected chi connectivity index (χ4v) is 3.12. The molecule has 0 atom stereocenters. The lowest BCUT2D eigenvalue weighted by Crippen LogP contribution is -2.31. The Kier molecular flexibility index (Phi) is 4.36. The zero-order valence-corrected chi connectivity index (χ0v) is 10.9. The van der Waals surface area contributed by atoms with Crippen LogP contribution < -0.4 is 5.73 Å².